The highest BCUT2D eigenvalue weighted by molar-refractivity contribution is 5.59. The van der Waals surface area contributed by atoms with E-state index < -0.39 is 0 Å². The van der Waals surface area contributed by atoms with Gasteiger partial charge in [-0.1, -0.05) is 0 Å². The van der Waals surface area contributed by atoms with Crippen LogP contribution in [0.2, 0.25) is 0 Å². The molecule has 0 aliphatic heterocycles. The molecule has 1 aromatic rings. The fourth-order valence-electron chi connectivity index (χ4n) is 1.50. The van der Waals surface area contributed by atoms with Gasteiger partial charge in [0.2, 0.25) is 0 Å². The van der Waals surface area contributed by atoms with Crippen LogP contribution >= 0.6 is 0 Å². The molecule has 0 bridgehead atoms. The largest absolute Gasteiger partial charge is 0.497 e. The monoisotopic (exact) mass is 234 g/mol. The smallest absolute Gasteiger partial charge is 0.145 e. The van der Waals surface area contributed by atoms with Gasteiger partial charge in [-0.05, 0) is 25.0 Å². The van der Waals surface area contributed by atoms with E-state index in [1.54, 1.807) is 14.2 Å². The van der Waals surface area contributed by atoms with Gasteiger partial charge in [-0.25, -0.2) is 0 Å². The zero-order valence-corrected chi connectivity index (χ0v) is 10.3. The van der Waals surface area contributed by atoms with Crippen molar-refractivity contribution in [2.24, 2.45) is 0 Å². The Morgan fingerprint density at radius 3 is 2.71 bits per heavy atom. The second-order valence-electron chi connectivity index (χ2n) is 3.61. The van der Waals surface area contributed by atoms with Crippen LogP contribution in [0.3, 0.4) is 0 Å². The minimum absolute atomic E-state index is 0.613. The van der Waals surface area contributed by atoms with Gasteiger partial charge in [-0.2, -0.15) is 5.26 Å². The summed E-state index contributed by atoms with van der Waals surface area (Å²) in [5.41, 5.74) is 0.949. The van der Waals surface area contributed by atoms with E-state index in [-0.39, 0.29) is 0 Å². The van der Waals surface area contributed by atoms with Crippen molar-refractivity contribution in [2.45, 2.75) is 19.3 Å². The molecule has 0 amide bonds. The van der Waals surface area contributed by atoms with Gasteiger partial charge in [0.05, 0.1) is 26.0 Å². The number of nitrogens with zero attached hydrogens (tertiary/aromatic N) is 1. The first kappa shape index (κ1) is 13.2. The van der Waals surface area contributed by atoms with Gasteiger partial charge >= 0.3 is 0 Å². The minimum atomic E-state index is 0.613. The quantitative estimate of drug-likeness (QED) is 0.737. The lowest BCUT2D eigenvalue weighted by atomic mass is 10.2. The van der Waals surface area contributed by atoms with E-state index >= 15 is 0 Å². The second kappa shape index (κ2) is 7.39. The third-order valence-electron chi connectivity index (χ3n) is 2.44. The highest BCUT2D eigenvalue weighted by Crippen LogP contribution is 2.28. The lowest BCUT2D eigenvalue weighted by Crippen LogP contribution is -2.03. The first-order valence-electron chi connectivity index (χ1n) is 5.64. The first-order chi connectivity index (χ1) is 8.31. The van der Waals surface area contributed by atoms with Gasteiger partial charge in [0.15, 0.2) is 0 Å². The van der Waals surface area contributed by atoms with Crippen molar-refractivity contribution >= 4 is 5.69 Å². The van der Waals surface area contributed by atoms with Crippen molar-refractivity contribution in [1.29, 1.82) is 5.26 Å². The average Bonchev–Trinajstić information content (AvgIpc) is 2.38. The Morgan fingerprint density at radius 1 is 1.24 bits per heavy atom. The maximum absolute atomic E-state index is 8.42. The summed E-state index contributed by atoms with van der Waals surface area (Å²) in [5.74, 6) is 1.54. The molecule has 0 unspecified atom stereocenters. The molecule has 0 fully saturated rings. The molecule has 0 radical (unpaired) electrons. The van der Waals surface area contributed by atoms with Crippen LogP contribution in [0, 0.1) is 11.3 Å². The molecule has 0 aliphatic carbocycles. The average molecular weight is 234 g/mol. The number of methoxy groups -OCH3 is 2. The van der Waals surface area contributed by atoms with Crippen LogP contribution in [0.25, 0.3) is 0 Å². The van der Waals surface area contributed by atoms with E-state index in [0.717, 1.165) is 36.6 Å². The molecule has 4 nitrogen and oxygen atoms in total. The lowest BCUT2D eigenvalue weighted by Gasteiger charge is -2.12. The third kappa shape index (κ3) is 4.23. The van der Waals surface area contributed by atoms with Crippen LogP contribution < -0.4 is 14.8 Å². The molecular weight excluding hydrogens is 216 g/mol. The number of nitriles is 1. The molecule has 92 valence electrons. The summed E-state index contributed by atoms with van der Waals surface area (Å²) in [6, 6.07) is 7.80. The fraction of sp³-hybridized carbons (Fsp3) is 0.462. The predicted molar refractivity (Wildman–Crippen MR) is 67.5 cm³/mol. The predicted octanol–water partition coefficient (Wildman–Crippen LogP) is 2.81. The summed E-state index contributed by atoms with van der Waals surface area (Å²) < 4.78 is 10.4. The number of anilines is 1. The summed E-state index contributed by atoms with van der Waals surface area (Å²) in [6.07, 6.45) is 2.51. The maximum Gasteiger partial charge on any atom is 0.145 e. The summed E-state index contributed by atoms with van der Waals surface area (Å²) in [7, 11) is 3.26. The van der Waals surface area contributed by atoms with E-state index in [0.29, 0.717) is 6.42 Å². The highest BCUT2D eigenvalue weighted by Gasteiger charge is 2.03. The first-order valence-corrected chi connectivity index (χ1v) is 5.64. The molecule has 1 rings (SSSR count). The number of hydrogen-bond acceptors (Lipinski definition) is 4. The summed E-state index contributed by atoms with van der Waals surface area (Å²) in [4.78, 5) is 0. The van der Waals surface area contributed by atoms with Gasteiger partial charge in [0, 0.05) is 19.0 Å². The molecule has 1 N–H and O–H groups in total. The van der Waals surface area contributed by atoms with Crippen LogP contribution in [-0.4, -0.2) is 20.8 Å². The number of benzene rings is 1. The van der Waals surface area contributed by atoms with Gasteiger partial charge in [0.25, 0.3) is 0 Å². The highest BCUT2D eigenvalue weighted by atomic mass is 16.5. The standard InChI is InChI=1S/C13H18N2O2/c1-16-11-6-7-12(13(10-11)17-2)15-9-5-3-4-8-14/h6-7,10,15H,3-5,9H2,1-2H3. The van der Waals surface area contributed by atoms with Crippen LogP contribution in [0.15, 0.2) is 18.2 Å². The topological polar surface area (TPSA) is 54.3 Å². The molecular formula is C13H18N2O2. The van der Waals surface area contributed by atoms with Crippen LogP contribution in [0.5, 0.6) is 11.5 Å². The lowest BCUT2D eigenvalue weighted by molar-refractivity contribution is 0.395. The number of nitrogens with one attached hydrogen (secondary N) is 1. The number of hydrogen-bond donors (Lipinski definition) is 1. The normalized spacial score (nSPS) is 9.47. The molecule has 0 spiro atoms. The van der Waals surface area contributed by atoms with Crippen molar-refractivity contribution in [3.05, 3.63) is 18.2 Å². The molecule has 0 aromatic heterocycles. The summed E-state index contributed by atoms with van der Waals surface area (Å²) in [5, 5.41) is 11.7. The van der Waals surface area contributed by atoms with E-state index in [9.17, 15) is 0 Å². The summed E-state index contributed by atoms with van der Waals surface area (Å²) >= 11 is 0. The zero-order chi connectivity index (χ0) is 12.5. The molecule has 0 aliphatic rings. The Hall–Kier alpha value is -1.89. The van der Waals surface area contributed by atoms with Gasteiger partial charge < -0.3 is 14.8 Å². The summed E-state index contributed by atoms with van der Waals surface area (Å²) in [6.45, 7) is 0.838. The number of rotatable bonds is 7. The van der Waals surface area contributed by atoms with Crippen molar-refractivity contribution in [2.75, 3.05) is 26.1 Å². The maximum atomic E-state index is 8.42. The Labute approximate surface area is 102 Å². The van der Waals surface area contributed by atoms with E-state index in [2.05, 4.69) is 11.4 Å². The Balaban J connectivity index is 2.50. The molecule has 0 saturated heterocycles. The van der Waals surface area contributed by atoms with E-state index in [4.69, 9.17) is 14.7 Å². The van der Waals surface area contributed by atoms with Gasteiger partial charge in [-0.15, -0.1) is 0 Å². The van der Waals surface area contributed by atoms with E-state index in [1.165, 1.54) is 0 Å². The van der Waals surface area contributed by atoms with Crippen molar-refractivity contribution < 1.29 is 9.47 Å². The molecule has 0 saturated carbocycles. The zero-order valence-electron chi connectivity index (χ0n) is 10.3. The van der Waals surface area contributed by atoms with E-state index in [1.807, 2.05) is 18.2 Å². The second-order valence-corrected chi connectivity index (χ2v) is 3.61. The van der Waals surface area contributed by atoms with Crippen molar-refractivity contribution in [3.8, 4) is 17.6 Å². The van der Waals surface area contributed by atoms with Gasteiger partial charge in [-0.3, -0.25) is 0 Å². The molecule has 4 heteroatoms. The fourth-order valence-corrected chi connectivity index (χ4v) is 1.50. The van der Waals surface area contributed by atoms with Crippen molar-refractivity contribution in [3.63, 3.8) is 0 Å². The van der Waals surface area contributed by atoms with Crippen LogP contribution in [0.4, 0.5) is 5.69 Å². The molecule has 0 heterocycles. The Kier molecular flexibility index (Phi) is 5.73. The molecule has 0 atom stereocenters. The SMILES string of the molecule is COc1ccc(NCCCCC#N)c(OC)c1. The third-order valence-corrected chi connectivity index (χ3v) is 2.44. The van der Waals surface area contributed by atoms with Crippen LogP contribution in [0.1, 0.15) is 19.3 Å². The number of unbranched alkanes of at least 4 members (excludes halogenated alkanes) is 2. The van der Waals surface area contributed by atoms with Crippen molar-refractivity contribution in [1.82, 2.24) is 0 Å². The number of ether oxygens (including phenoxy) is 2. The van der Waals surface area contributed by atoms with Crippen LogP contribution in [-0.2, 0) is 0 Å². The molecule has 1 aromatic carbocycles. The Morgan fingerprint density at radius 2 is 2.06 bits per heavy atom. The Bertz CT molecular complexity index is 385. The minimum Gasteiger partial charge on any atom is -0.497 e. The molecule has 17 heavy (non-hydrogen) atoms. The van der Waals surface area contributed by atoms with Gasteiger partial charge in [0.1, 0.15) is 11.5 Å².